The summed E-state index contributed by atoms with van der Waals surface area (Å²) in [6, 6.07) is 16.9. The average molecular weight is 363 g/mol. The fourth-order valence-electron chi connectivity index (χ4n) is 3.00. The lowest BCUT2D eigenvalue weighted by Gasteiger charge is -2.10. The topological polar surface area (TPSA) is 69.8 Å². The molecule has 0 atom stereocenters. The van der Waals surface area contributed by atoms with Gasteiger partial charge in [0.2, 0.25) is 0 Å². The van der Waals surface area contributed by atoms with E-state index < -0.39 is 0 Å². The third kappa shape index (κ3) is 3.35. The first kappa shape index (κ1) is 17.1. The maximum atomic E-state index is 13.1. The van der Waals surface area contributed by atoms with Crippen LogP contribution in [0.3, 0.4) is 0 Å². The van der Waals surface area contributed by atoms with Crippen molar-refractivity contribution in [1.29, 1.82) is 0 Å². The number of phenols is 1. The number of nitrogens with one attached hydrogen (secondary N) is 1. The highest BCUT2D eigenvalue weighted by atomic mass is 19.1. The molecule has 4 rings (SSSR count). The number of aliphatic hydroxyl groups is 1. The minimum absolute atomic E-state index is 0.0859. The number of anilines is 1. The standard InChI is InChI=1S/C21H18FN3O2/c22-16-8-5-14(6-9-16)11-23-21-20(17-3-1-2-4-18(17)27)24-19-10-7-15(13-26)12-25(19)21/h1-10,12,23,26-27H,11,13H2. The van der Waals surface area contributed by atoms with Crippen LogP contribution in [-0.4, -0.2) is 19.6 Å². The Morgan fingerprint density at radius 2 is 1.70 bits per heavy atom. The molecule has 0 saturated heterocycles. The number of benzene rings is 2. The van der Waals surface area contributed by atoms with Crippen molar-refractivity contribution in [3.05, 3.63) is 83.8 Å². The Hall–Kier alpha value is -3.38. The third-order valence-corrected chi connectivity index (χ3v) is 4.39. The van der Waals surface area contributed by atoms with E-state index >= 15 is 0 Å². The van der Waals surface area contributed by atoms with E-state index in [-0.39, 0.29) is 18.2 Å². The second kappa shape index (κ2) is 7.09. The zero-order valence-corrected chi connectivity index (χ0v) is 14.4. The Bertz CT molecular complexity index is 1090. The van der Waals surface area contributed by atoms with E-state index in [1.54, 1.807) is 42.6 Å². The summed E-state index contributed by atoms with van der Waals surface area (Å²) in [5.74, 6) is 0.537. The van der Waals surface area contributed by atoms with Crippen LogP contribution in [0.1, 0.15) is 11.1 Å². The van der Waals surface area contributed by atoms with Crippen molar-refractivity contribution in [3.8, 4) is 17.0 Å². The predicted molar refractivity (Wildman–Crippen MR) is 102 cm³/mol. The Morgan fingerprint density at radius 1 is 0.963 bits per heavy atom. The zero-order chi connectivity index (χ0) is 18.8. The molecule has 0 radical (unpaired) electrons. The summed E-state index contributed by atoms with van der Waals surface area (Å²) < 4.78 is 15.0. The van der Waals surface area contributed by atoms with Gasteiger partial charge in [0.1, 0.15) is 28.7 Å². The molecular formula is C21H18FN3O2. The monoisotopic (exact) mass is 363 g/mol. The van der Waals surface area contributed by atoms with Crippen molar-refractivity contribution < 1.29 is 14.6 Å². The molecule has 0 unspecified atom stereocenters. The number of nitrogens with zero attached hydrogens (tertiary/aromatic N) is 2. The number of para-hydroxylation sites is 1. The number of imidazole rings is 1. The summed E-state index contributed by atoms with van der Waals surface area (Å²) in [5, 5.41) is 23.1. The number of rotatable bonds is 5. The molecule has 27 heavy (non-hydrogen) atoms. The molecule has 5 nitrogen and oxygen atoms in total. The Labute approximate surface area is 155 Å². The van der Waals surface area contributed by atoms with Crippen molar-refractivity contribution in [2.45, 2.75) is 13.2 Å². The lowest BCUT2D eigenvalue weighted by molar-refractivity contribution is 0.281. The van der Waals surface area contributed by atoms with E-state index in [1.807, 2.05) is 16.5 Å². The first-order chi connectivity index (χ1) is 13.2. The molecule has 0 aliphatic heterocycles. The van der Waals surface area contributed by atoms with Crippen LogP contribution in [0, 0.1) is 5.82 Å². The van der Waals surface area contributed by atoms with Gasteiger partial charge in [0.05, 0.1) is 6.61 Å². The number of halogens is 1. The van der Waals surface area contributed by atoms with Gasteiger partial charge in [0, 0.05) is 18.3 Å². The van der Waals surface area contributed by atoms with Crippen LogP contribution in [-0.2, 0) is 13.2 Å². The molecule has 0 bridgehead atoms. The van der Waals surface area contributed by atoms with Gasteiger partial charge in [-0.1, -0.05) is 30.3 Å². The smallest absolute Gasteiger partial charge is 0.139 e. The molecule has 136 valence electrons. The highest BCUT2D eigenvalue weighted by Gasteiger charge is 2.17. The Morgan fingerprint density at radius 3 is 2.44 bits per heavy atom. The minimum atomic E-state index is -0.281. The molecule has 6 heteroatoms. The average Bonchev–Trinajstić information content (AvgIpc) is 3.05. The molecule has 0 aliphatic rings. The van der Waals surface area contributed by atoms with Gasteiger partial charge >= 0.3 is 0 Å². The van der Waals surface area contributed by atoms with Crippen molar-refractivity contribution in [1.82, 2.24) is 9.38 Å². The van der Waals surface area contributed by atoms with Crippen molar-refractivity contribution in [2.24, 2.45) is 0 Å². The van der Waals surface area contributed by atoms with Crippen LogP contribution in [0.2, 0.25) is 0 Å². The van der Waals surface area contributed by atoms with Gasteiger partial charge in [-0.25, -0.2) is 9.37 Å². The van der Waals surface area contributed by atoms with Crippen molar-refractivity contribution >= 4 is 11.5 Å². The van der Waals surface area contributed by atoms with Crippen LogP contribution in [0.4, 0.5) is 10.2 Å². The predicted octanol–water partition coefficient (Wildman–Crippen LogP) is 3.95. The lowest BCUT2D eigenvalue weighted by atomic mass is 10.1. The molecule has 0 spiro atoms. The molecule has 3 N–H and O–H groups in total. The number of fused-ring (bicyclic) bond motifs is 1. The van der Waals surface area contributed by atoms with E-state index in [9.17, 15) is 14.6 Å². The molecule has 0 saturated carbocycles. The third-order valence-electron chi connectivity index (χ3n) is 4.39. The van der Waals surface area contributed by atoms with E-state index in [1.165, 1.54) is 12.1 Å². The van der Waals surface area contributed by atoms with Gasteiger partial charge in [-0.2, -0.15) is 0 Å². The number of pyridine rings is 1. The Balaban J connectivity index is 1.80. The number of hydrogen-bond donors (Lipinski definition) is 3. The van der Waals surface area contributed by atoms with E-state index in [0.29, 0.717) is 29.3 Å². The van der Waals surface area contributed by atoms with Crippen LogP contribution < -0.4 is 5.32 Å². The molecule has 2 aromatic carbocycles. The summed E-state index contributed by atoms with van der Waals surface area (Å²) in [6.45, 7) is 0.370. The SMILES string of the molecule is OCc1ccc2nc(-c3ccccc3O)c(NCc3ccc(F)cc3)n2c1. The van der Waals surface area contributed by atoms with Gasteiger partial charge in [0.15, 0.2) is 0 Å². The van der Waals surface area contributed by atoms with Gasteiger partial charge in [-0.3, -0.25) is 4.40 Å². The van der Waals surface area contributed by atoms with Gasteiger partial charge < -0.3 is 15.5 Å². The Kier molecular flexibility index (Phi) is 4.48. The van der Waals surface area contributed by atoms with Crippen LogP contribution in [0.15, 0.2) is 66.9 Å². The molecule has 4 aromatic rings. The van der Waals surface area contributed by atoms with Crippen LogP contribution in [0.25, 0.3) is 16.9 Å². The molecule has 2 heterocycles. The number of aromatic nitrogens is 2. The largest absolute Gasteiger partial charge is 0.507 e. The zero-order valence-electron chi connectivity index (χ0n) is 14.4. The van der Waals surface area contributed by atoms with Crippen molar-refractivity contribution in [3.63, 3.8) is 0 Å². The maximum absolute atomic E-state index is 13.1. The first-order valence-corrected chi connectivity index (χ1v) is 8.54. The molecule has 0 amide bonds. The summed E-state index contributed by atoms with van der Waals surface area (Å²) in [7, 11) is 0. The van der Waals surface area contributed by atoms with Gasteiger partial charge in [0.25, 0.3) is 0 Å². The highest BCUT2D eigenvalue weighted by Crippen LogP contribution is 2.34. The molecule has 0 fully saturated rings. The summed E-state index contributed by atoms with van der Waals surface area (Å²) in [6.07, 6.45) is 1.80. The van der Waals surface area contributed by atoms with E-state index in [4.69, 9.17) is 0 Å². The van der Waals surface area contributed by atoms with E-state index in [0.717, 1.165) is 11.1 Å². The number of aliphatic hydroxyl groups excluding tert-OH is 1. The lowest BCUT2D eigenvalue weighted by Crippen LogP contribution is -2.04. The first-order valence-electron chi connectivity index (χ1n) is 8.54. The van der Waals surface area contributed by atoms with Gasteiger partial charge in [-0.05, 0) is 41.5 Å². The van der Waals surface area contributed by atoms with Gasteiger partial charge in [-0.15, -0.1) is 0 Å². The summed E-state index contributed by atoms with van der Waals surface area (Å²) in [4.78, 5) is 4.64. The minimum Gasteiger partial charge on any atom is -0.507 e. The normalized spacial score (nSPS) is 11.0. The second-order valence-corrected chi connectivity index (χ2v) is 6.23. The summed E-state index contributed by atoms with van der Waals surface area (Å²) in [5.41, 5.74) is 3.55. The molecule has 2 aromatic heterocycles. The molecular weight excluding hydrogens is 345 g/mol. The second-order valence-electron chi connectivity index (χ2n) is 6.23. The van der Waals surface area contributed by atoms with Crippen LogP contribution in [0.5, 0.6) is 5.75 Å². The van der Waals surface area contributed by atoms with Crippen molar-refractivity contribution in [2.75, 3.05) is 5.32 Å². The number of aromatic hydroxyl groups is 1. The quantitative estimate of drug-likeness (QED) is 0.502. The maximum Gasteiger partial charge on any atom is 0.139 e. The number of hydrogen-bond acceptors (Lipinski definition) is 4. The summed E-state index contributed by atoms with van der Waals surface area (Å²) >= 11 is 0. The fraction of sp³-hybridized carbons (Fsp3) is 0.0952. The van der Waals surface area contributed by atoms with Crippen LogP contribution >= 0.6 is 0 Å². The molecule has 0 aliphatic carbocycles. The highest BCUT2D eigenvalue weighted by molar-refractivity contribution is 5.80. The number of phenolic OH excluding ortho intramolecular Hbond substituents is 1. The fourth-order valence-corrected chi connectivity index (χ4v) is 3.00. The van der Waals surface area contributed by atoms with E-state index in [2.05, 4.69) is 10.3 Å².